The Balaban J connectivity index is 1.82. The lowest BCUT2D eigenvalue weighted by Gasteiger charge is -2.06. The fourth-order valence-electron chi connectivity index (χ4n) is 3.13. The second-order valence-corrected chi connectivity index (χ2v) is 6.08. The SMILES string of the molecule is Cc1noc(C)c1Cn1cnc2ccc(-c3c(C)noc3C)cc21. The Morgan fingerprint density at radius 3 is 2.38 bits per heavy atom. The molecular weight excluding hydrogens is 304 g/mol. The van der Waals surface area contributed by atoms with Gasteiger partial charge in [0.15, 0.2) is 0 Å². The van der Waals surface area contributed by atoms with Gasteiger partial charge in [-0.3, -0.25) is 0 Å². The van der Waals surface area contributed by atoms with Crippen molar-refractivity contribution >= 4 is 11.0 Å². The Labute approximate surface area is 139 Å². The van der Waals surface area contributed by atoms with Gasteiger partial charge in [0, 0.05) is 11.1 Å². The van der Waals surface area contributed by atoms with Crippen LogP contribution in [0.25, 0.3) is 22.2 Å². The number of rotatable bonds is 3. The predicted octanol–water partition coefficient (Wildman–Crippen LogP) is 3.96. The Hall–Kier alpha value is -2.89. The molecule has 0 bridgehead atoms. The van der Waals surface area contributed by atoms with Crippen LogP contribution in [0.5, 0.6) is 0 Å². The number of imidazole rings is 1. The maximum atomic E-state index is 5.30. The standard InChI is InChI=1S/C18H18N4O2/c1-10-15(12(3)23-20-10)8-22-9-19-16-6-5-14(7-17(16)22)18-11(2)21-24-13(18)4/h5-7,9H,8H2,1-4H3. The van der Waals surface area contributed by atoms with Gasteiger partial charge in [-0.05, 0) is 45.4 Å². The fourth-order valence-corrected chi connectivity index (χ4v) is 3.13. The van der Waals surface area contributed by atoms with E-state index in [0.29, 0.717) is 6.54 Å². The van der Waals surface area contributed by atoms with E-state index in [1.54, 1.807) is 0 Å². The Bertz CT molecular complexity index is 1000. The van der Waals surface area contributed by atoms with Crippen LogP contribution in [0.3, 0.4) is 0 Å². The van der Waals surface area contributed by atoms with Crippen LogP contribution in [0.4, 0.5) is 0 Å². The van der Waals surface area contributed by atoms with Gasteiger partial charge in [0.05, 0.1) is 35.3 Å². The first-order valence-electron chi connectivity index (χ1n) is 7.84. The summed E-state index contributed by atoms with van der Waals surface area (Å²) >= 11 is 0. The van der Waals surface area contributed by atoms with Crippen molar-refractivity contribution in [1.82, 2.24) is 19.9 Å². The van der Waals surface area contributed by atoms with E-state index < -0.39 is 0 Å². The first-order valence-corrected chi connectivity index (χ1v) is 7.84. The van der Waals surface area contributed by atoms with Crippen molar-refractivity contribution in [2.75, 3.05) is 0 Å². The third-order valence-corrected chi connectivity index (χ3v) is 4.45. The van der Waals surface area contributed by atoms with Gasteiger partial charge >= 0.3 is 0 Å². The highest BCUT2D eigenvalue weighted by atomic mass is 16.5. The molecule has 0 atom stereocenters. The summed E-state index contributed by atoms with van der Waals surface area (Å²) in [5, 5.41) is 8.08. The summed E-state index contributed by atoms with van der Waals surface area (Å²) in [5.74, 6) is 1.67. The number of fused-ring (bicyclic) bond motifs is 1. The van der Waals surface area contributed by atoms with Crippen molar-refractivity contribution in [1.29, 1.82) is 0 Å². The van der Waals surface area contributed by atoms with Gasteiger partial charge in [0.1, 0.15) is 11.5 Å². The molecule has 0 N–H and O–H groups in total. The van der Waals surface area contributed by atoms with Gasteiger partial charge in [-0.1, -0.05) is 16.4 Å². The summed E-state index contributed by atoms with van der Waals surface area (Å²) in [6, 6.07) is 6.22. The summed E-state index contributed by atoms with van der Waals surface area (Å²) in [4.78, 5) is 4.50. The normalized spacial score (nSPS) is 11.5. The van der Waals surface area contributed by atoms with Crippen LogP contribution in [0.2, 0.25) is 0 Å². The third-order valence-electron chi connectivity index (χ3n) is 4.45. The minimum Gasteiger partial charge on any atom is -0.361 e. The molecule has 24 heavy (non-hydrogen) atoms. The smallest absolute Gasteiger partial charge is 0.141 e. The van der Waals surface area contributed by atoms with Crippen LogP contribution in [-0.2, 0) is 6.54 Å². The quantitative estimate of drug-likeness (QED) is 0.571. The summed E-state index contributed by atoms with van der Waals surface area (Å²) in [5.41, 5.74) is 7.04. The zero-order valence-electron chi connectivity index (χ0n) is 14.1. The zero-order chi connectivity index (χ0) is 16.8. The van der Waals surface area contributed by atoms with E-state index >= 15 is 0 Å². The molecule has 3 aromatic heterocycles. The molecule has 0 radical (unpaired) electrons. The van der Waals surface area contributed by atoms with Gasteiger partial charge < -0.3 is 13.6 Å². The molecule has 1 aromatic carbocycles. The van der Waals surface area contributed by atoms with Crippen molar-refractivity contribution in [3.63, 3.8) is 0 Å². The molecule has 6 heteroatoms. The molecule has 0 fully saturated rings. The average Bonchev–Trinajstić information content (AvgIpc) is 3.21. The van der Waals surface area contributed by atoms with E-state index in [1.165, 1.54) is 0 Å². The van der Waals surface area contributed by atoms with Crippen LogP contribution in [-0.4, -0.2) is 19.9 Å². The predicted molar refractivity (Wildman–Crippen MR) is 89.8 cm³/mol. The molecule has 0 saturated carbocycles. The highest BCUT2D eigenvalue weighted by molar-refractivity contribution is 5.83. The largest absolute Gasteiger partial charge is 0.361 e. The number of hydrogen-bond acceptors (Lipinski definition) is 5. The molecular formula is C18H18N4O2. The summed E-state index contributed by atoms with van der Waals surface area (Å²) in [7, 11) is 0. The van der Waals surface area contributed by atoms with Gasteiger partial charge in [-0.15, -0.1) is 0 Å². The van der Waals surface area contributed by atoms with Gasteiger partial charge in [0.2, 0.25) is 0 Å². The van der Waals surface area contributed by atoms with E-state index in [0.717, 1.165) is 50.6 Å². The lowest BCUT2D eigenvalue weighted by atomic mass is 10.0. The molecule has 4 rings (SSSR count). The van der Waals surface area contributed by atoms with Crippen molar-refractivity contribution in [2.45, 2.75) is 34.2 Å². The van der Waals surface area contributed by atoms with Crippen LogP contribution in [0, 0.1) is 27.7 Å². The molecule has 0 aliphatic rings. The van der Waals surface area contributed by atoms with E-state index in [1.807, 2.05) is 40.1 Å². The Morgan fingerprint density at radius 2 is 1.71 bits per heavy atom. The first kappa shape index (κ1) is 14.7. The molecule has 0 aliphatic heterocycles. The first-order chi connectivity index (χ1) is 11.5. The number of aryl methyl sites for hydroxylation is 4. The summed E-state index contributed by atoms with van der Waals surface area (Å²) < 4.78 is 12.7. The van der Waals surface area contributed by atoms with E-state index in [9.17, 15) is 0 Å². The molecule has 0 saturated heterocycles. The van der Waals surface area contributed by atoms with E-state index in [4.69, 9.17) is 9.05 Å². The molecule has 0 unspecified atom stereocenters. The van der Waals surface area contributed by atoms with Crippen molar-refractivity contribution < 1.29 is 9.05 Å². The third kappa shape index (κ3) is 2.22. The van der Waals surface area contributed by atoms with Gasteiger partial charge in [-0.2, -0.15) is 0 Å². The second-order valence-electron chi connectivity index (χ2n) is 6.08. The fraction of sp³-hybridized carbons (Fsp3) is 0.278. The van der Waals surface area contributed by atoms with Crippen LogP contribution < -0.4 is 0 Å². The van der Waals surface area contributed by atoms with E-state index in [2.05, 4.69) is 32.0 Å². The molecule has 0 aliphatic carbocycles. The zero-order valence-corrected chi connectivity index (χ0v) is 14.1. The Kier molecular flexibility index (Phi) is 3.26. The lowest BCUT2D eigenvalue weighted by Crippen LogP contribution is -2.00. The molecule has 3 heterocycles. The minimum atomic E-state index is 0.683. The topological polar surface area (TPSA) is 69.9 Å². The van der Waals surface area contributed by atoms with Gasteiger partial charge in [-0.25, -0.2) is 4.98 Å². The highest BCUT2D eigenvalue weighted by Crippen LogP contribution is 2.29. The summed E-state index contributed by atoms with van der Waals surface area (Å²) in [6.45, 7) is 8.46. The second kappa shape index (κ2) is 5.33. The molecule has 0 spiro atoms. The maximum absolute atomic E-state index is 5.30. The van der Waals surface area contributed by atoms with Crippen LogP contribution >= 0.6 is 0 Å². The van der Waals surface area contributed by atoms with Crippen molar-refractivity contribution in [3.05, 3.63) is 53.0 Å². The number of benzene rings is 1. The van der Waals surface area contributed by atoms with E-state index in [-0.39, 0.29) is 0 Å². The van der Waals surface area contributed by atoms with Crippen LogP contribution in [0.1, 0.15) is 28.5 Å². The maximum Gasteiger partial charge on any atom is 0.141 e. The summed E-state index contributed by atoms with van der Waals surface area (Å²) in [6.07, 6.45) is 1.85. The Morgan fingerprint density at radius 1 is 0.958 bits per heavy atom. The molecule has 6 nitrogen and oxygen atoms in total. The molecule has 122 valence electrons. The number of aromatic nitrogens is 4. The van der Waals surface area contributed by atoms with Crippen molar-refractivity contribution in [3.8, 4) is 11.1 Å². The van der Waals surface area contributed by atoms with Crippen molar-refractivity contribution in [2.24, 2.45) is 0 Å². The van der Waals surface area contributed by atoms with Crippen LogP contribution in [0.15, 0.2) is 33.6 Å². The lowest BCUT2D eigenvalue weighted by molar-refractivity contribution is 0.392. The van der Waals surface area contributed by atoms with Gasteiger partial charge in [0.25, 0.3) is 0 Å². The molecule has 4 aromatic rings. The monoisotopic (exact) mass is 322 g/mol. The highest BCUT2D eigenvalue weighted by Gasteiger charge is 2.15. The minimum absolute atomic E-state index is 0.683. The number of hydrogen-bond donors (Lipinski definition) is 0. The number of nitrogens with zero attached hydrogens (tertiary/aromatic N) is 4. The molecule has 0 amide bonds. The average molecular weight is 322 g/mol.